The maximum absolute atomic E-state index is 12.2. The molecule has 0 saturated heterocycles. The zero-order valence-corrected chi connectivity index (χ0v) is 14.6. The number of H-pyrrole nitrogens is 1. The van der Waals surface area contributed by atoms with Crippen molar-refractivity contribution in [1.82, 2.24) is 20.6 Å². The van der Waals surface area contributed by atoms with E-state index >= 15 is 0 Å². The van der Waals surface area contributed by atoms with Crippen molar-refractivity contribution in [3.63, 3.8) is 0 Å². The molecule has 3 unspecified atom stereocenters. The van der Waals surface area contributed by atoms with Crippen LogP contribution in [0.4, 0.5) is 5.95 Å². The van der Waals surface area contributed by atoms with Gasteiger partial charge in [-0.15, -0.1) is 5.10 Å². The summed E-state index contributed by atoms with van der Waals surface area (Å²) in [5, 5.41) is 16.3. The van der Waals surface area contributed by atoms with Gasteiger partial charge in [0.1, 0.15) is 11.3 Å². The third-order valence-electron chi connectivity index (χ3n) is 5.46. The number of carbonyl (C=O) groups excluding carboxylic acids is 1. The number of furan rings is 1. The zero-order chi connectivity index (χ0) is 18.2. The van der Waals surface area contributed by atoms with Crippen LogP contribution in [0.3, 0.4) is 0 Å². The molecule has 140 valence electrons. The summed E-state index contributed by atoms with van der Waals surface area (Å²) in [5.74, 6) is 2.02. The first-order valence-corrected chi connectivity index (χ1v) is 9.07. The van der Waals surface area contributed by atoms with Gasteiger partial charge in [0.25, 0.3) is 11.9 Å². The van der Waals surface area contributed by atoms with E-state index in [4.69, 9.17) is 13.9 Å². The smallest absolute Gasteiger partial charge is 0.293 e. The first kappa shape index (κ1) is 16.2. The summed E-state index contributed by atoms with van der Waals surface area (Å²) in [6.07, 6.45) is 5.44. The second kappa shape index (κ2) is 6.66. The van der Waals surface area contributed by atoms with Crippen molar-refractivity contribution in [3.8, 4) is 5.75 Å². The third-order valence-corrected chi connectivity index (χ3v) is 5.46. The average molecular weight is 369 g/mol. The molecule has 2 saturated carbocycles. The molecule has 1 amide bonds. The van der Waals surface area contributed by atoms with Crippen molar-refractivity contribution in [2.45, 2.75) is 31.8 Å². The third kappa shape index (κ3) is 3.25. The summed E-state index contributed by atoms with van der Waals surface area (Å²) < 4.78 is 17.2. The predicted octanol–water partition coefficient (Wildman–Crippen LogP) is 2.74. The summed E-state index contributed by atoms with van der Waals surface area (Å²) in [6.45, 7) is 0.239. The van der Waals surface area contributed by atoms with Crippen molar-refractivity contribution in [1.29, 1.82) is 0 Å². The fourth-order valence-corrected chi connectivity index (χ4v) is 4.18. The highest BCUT2D eigenvalue weighted by atomic mass is 16.7. The van der Waals surface area contributed by atoms with E-state index in [2.05, 4.69) is 25.9 Å². The molecule has 2 aromatic heterocycles. The van der Waals surface area contributed by atoms with Crippen LogP contribution in [0, 0.1) is 11.8 Å². The SMILES string of the molecule is O=C(Nc1nn[nH]n1)c1cc2cc(OCOC3CC4CCC3C4)ccc2o1. The molecule has 2 heterocycles. The number of fused-ring (bicyclic) bond motifs is 3. The van der Waals surface area contributed by atoms with E-state index < -0.39 is 5.91 Å². The van der Waals surface area contributed by atoms with Gasteiger partial charge >= 0.3 is 0 Å². The summed E-state index contributed by atoms with van der Waals surface area (Å²) in [7, 11) is 0. The van der Waals surface area contributed by atoms with Crippen molar-refractivity contribution >= 4 is 22.8 Å². The van der Waals surface area contributed by atoms with Gasteiger partial charge in [-0.3, -0.25) is 10.1 Å². The van der Waals surface area contributed by atoms with Crippen LogP contribution in [0.25, 0.3) is 11.0 Å². The summed E-state index contributed by atoms with van der Waals surface area (Å²) >= 11 is 0. The number of amides is 1. The van der Waals surface area contributed by atoms with Gasteiger partial charge in [0.05, 0.1) is 6.10 Å². The minimum atomic E-state index is -0.449. The van der Waals surface area contributed by atoms with Crippen molar-refractivity contribution in [3.05, 3.63) is 30.0 Å². The van der Waals surface area contributed by atoms with E-state index in [0.29, 0.717) is 23.4 Å². The second-order valence-corrected chi connectivity index (χ2v) is 7.14. The van der Waals surface area contributed by atoms with Crippen LogP contribution in [0.1, 0.15) is 36.2 Å². The highest BCUT2D eigenvalue weighted by Gasteiger charge is 2.40. The number of nitrogens with one attached hydrogen (secondary N) is 2. The second-order valence-electron chi connectivity index (χ2n) is 7.14. The molecule has 5 rings (SSSR count). The molecule has 2 N–H and O–H groups in total. The molecule has 2 aliphatic rings. The normalized spacial score (nSPS) is 23.8. The lowest BCUT2D eigenvalue weighted by Crippen LogP contribution is -2.22. The minimum absolute atomic E-state index is 0.0854. The Bertz CT molecular complexity index is 954. The maximum atomic E-state index is 12.2. The standard InChI is InChI=1S/C18H19N5O4/c24-17(19-18-20-22-23-21-18)16-8-12-7-13(3-4-14(12)27-16)25-9-26-15-6-10-1-2-11(15)5-10/h3-4,7-8,10-11,15H,1-2,5-6,9H2,(H2,19,20,21,22,23,24). The highest BCUT2D eigenvalue weighted by molar-refractivity contribution is 6.03. The number of rotatable bonds is 6. The number of tetrazole rings is 1. The number of anilines is 1. The summed E-state index contributed by atoms with van der Waals surface area (Å²) in [5.41, 5.74) is 0.592. The monoisotopic (exact) mass is 369 g/mol. The molecule has 2 fully saturated rings. The summed E-state index contributed by atoms with van der Waals surface area (Å²) in [4.78, 5) is 12.2. The van der Waals surface area contributed by atoms with E-state index in [0.717, 1.165) is 17.7 Å². The van der Waals surface area contributed by atoms with Crippen molar-refractivity contribution in [2.75, 3.05) is 12.1 Å². The Kier molecular flexibility index (Phi) is 4.01. The van der Waals surface area contributed by atoms with Crippen LogP contribution in [-0.2, 0) is 4.74 Å². The Hall–Kier alpha value is -2.94. The Morgan fingerprint density at radius 1 is 1.30 bits per heavy atom. The number of ether oxygens (including phenoxy) is 2. The Morgan fingerprint density at radius 2 is 2.26 bits per heavy atom. The van der Waals surface area contributed by atoms with Gasteiger partial charge in [-0.1, -0.05) is 5.10 Å². The van der Waals surface area contributed by atoms with Gasteiger partial charge in [-0.05, 0) is 67.0 Å². The number of aromatic nitrogens is 4. The van der Waals surface area contributed by atoms with Crippen LogP contribution >= 0.6 is 0 Å². The molecule has 2 aliphatic carbocycles. The Labute approximate surface area is 154 Å². The van der Waals surface area contributed by atoms with Crippen molar-refractivity contribution < 1.29 is 18.7 Å². The number of hydrogen-bond donors (Lipinski definition) is 2. The van der Waals surface area contributed by atoms with E-state index in [1.54, 1.807) is 18.2 Å². The van der Waals surface area contributed by atoms with Gasteiger partial charge in [0.2, 0.25) is 0 Å². The first-order valence-electron chi connectivity index (χ1n) is 9.07. The van der Waals surface area contributed by atoms with E-state index in [1.165, 1.54) is 19.3 Å². The molecule has 0 spiro atoms. The van der Waals surface area contributed by atoms with E-state index in [1.807, 2.05) is 6.07 Å². The van der Waals surface area contributed by atoms with E-state index in [9.17, 15) is 4.79 Å². The first-order chi connectivity index (χ1) is 13.2. The van der Waals surface area contributed by atoms with Gasteiger partial charge in [-0.25, -0.2) is 0 Å². The fraction of sp³-hybridized carbons (Fsp3) is 0.444. The van der Waals surface area contributed by atoms with Crippen LogP contribution in [-0.4, -0.2) is 39.4 Å². The number of hydrogen-bond acceptors (Lipinski definition) is 7. The van der Waals surface area contributed by atoms with Gasteiger partial charge < -0.3 is 13.9 Å². The van der Waals surface area contributed by atoms with Crippen molar-refractivity contribution in [2.24, 2.45) is 11.8 Å². The van der Waals surface area contributed by atoms with Crippen LogP contribution in [0.5, 0.6) is 5.75 Å². The molecule has 2 bridgehead atoms. The Balaban J connectivity index is 1.21. The summed E-state index contributed by atoms with van der Waals surface area (Å²) in [6, 6.07) is 7.05. The molecule has 0 radical (unpaired) electrons. The average Bonchev–Trinajstić information content (AvgIpc) is 3.45. The van der Waals surface area contributed by atoms with Crippen LogP contribution in [0.15, 0.2) is 28.7 Å². The molecule has 3 atom stereocenters. The Morgan fingerprint density at radius 3 is 3.04 bits per heavy atom. The molecular weight excluding hydrogens is 350 g/mol. The lowest BCUT2D eigenvalue weighted by atomic mass is 9.98. The lowest BCUT2D eigenvalue weighted by molar-refractivity contribution is -0.0576. The number of nitrogens with zero attached hydrogens (tertiary/aromatic N) is 3. The molecular formula is C18H19N5O4. The topological polar surface area (TPSA) is 115 Å². The number of aromatic amines is 1. The zero-order valence-electron chi connectivity index (χ0n) is 14.6. The van der Waals surface area contributed by atoms with Crippen LogP contribution in [0.2, 0.25) is 0 Å². The molecule has 0 aliphatic heterocycles. The molecule has 1 aromatic carbocycles. The predicted molar refractivity (Wildman–Crippen MR) is 94.2 cm³/mol. The minimum Gasteiger partial charge on any atom is -0.468 e. The largest absolute Gasteiger partial charge is 0.468 e. The lowest BCUT2D eigenvalue weighted by Gasteiger charge is -2.21. The molecule has 27 heavy (non-hydrogen) atoms. The molecule has 3 aromatic rings. The van der Waals surface area contributed by atoms with Crippen LogP contribution < -0.4 is 10.1 Å². The van der Waals surface area contributed by atoms with Gasteiger partial charge in [0, 0.05) is 5.39 Å². The molecule has 9 heteroatoms. The van der Waals surface area contributed by atoms with Gasteiger partial charge in [-0.2, -0.15) is 5.21 Å². The fourth-order valence-electron chi connectivity index (χ4n) is 4.18. The number of benzene rings is 1. The maximum Gasteiger partial charge on any atom is 0.293 e. The van der Waals surface area contributed by atoms with Gasteiger partial charge in [0.15, 0.2) is 12.6 Å². The number of carbonyl (C=O) groups is 1. The molecule has 9 nitrogen and oxygen atoms in total. The van der Waals surface area contributed by atoms with E-state index in [-0.39, 0.29) is 18.5 Å². The quantitative estimate of drug-likeness (QED) is 0.642. The highest BCUT2D eigenvalue weighted by Crippen LogP contribution is 2.45.